The predicted octanol–water partition coefficient (Wildman–Crippen LogP) is 2.61. The summed E-state index contributed by atoms with van der Waals surface area (Å²) in [5.41, 5.74) is -0.000719. The lowest BCUT2D eigenvalue weighted by atomic mass is 10.00. The summed E-state index contributed by atoms with van der Waals surface area (Å²) in [6, 6.07) is 2.75. The lowest BCUT2D eigenvalue weighted by Crippen LogP contribution is -2.42. The molecular formula is C17H31IN4OS. The minimum atomic E-state index is -0.925. The normalized spacial score (nSPS) is 17.3. The van der Waals surface area contributed by atoms with Gasteiger partial charge in [0.15, 0.2) is 5.96 Å². The number of hydrogen-bond donors (Lipinski definition) is 3. The fourth-order valence-corrected chi connectivity index (χ4v) is 3.38. The van der Waals surface area contributed by atoms with E-state index < -0.39 is 5.60 Å². The van der Waals surface area contributed by atoms with Crippen LogP contribution in [0.1, 0.15) is 39.2 Å². The van der Waals surface area contributed by atoms with Crippen molar-refractivity contribution in [3.05, 3.63) is 22.4 Å². The van der Waals surface area contributed by atoms with Crippen LogP contribution < -0.4 is 10.6 Å². The summed E-state index contributed by atoms with van der Waals surface area (Å²) in [5, 5.41) is 21.1. The molecule has 1 aliphatic rings. The maximum absolute atomic E-state index is 10.6. The lowest BCUT2D eigenvalue weighted by Gasteiger charge is -2.22. The van der Waals surface area contributed by atoms with Crippen LogP contribution in [0.25, 0.3) is 0 Å². The van der Waals surface area contributed by atoms with Gasteiger partial charge in [0.1, 0.15) is 5.60 Å². The molecule has 138 valence electrons. The van der Waals surface area contributed by atoms with Gasteiger partial charge in [0, 0.05) is 25.7 Å². The van der Waals surface area contributed by atoms with Gasteiger partial charge >= 0.3 is 0 Å². The van der Waals surface area contributed by atoms with Crippen LogP contribution in [0.5, 0.6) is 0 Å². The van der Waals surface area contributed by atoms with Gasteiger partial charge in [-0.2, -0.15) is 11.3 Å². The monoisotopic (exact) mass is 466 g/mol. The average Bonchev–Trinajstić information content (AvgIpc) is 3.21. The molecule has 1 saturated carbocycles. The van der Waals surface area contributed by atoms with Crippen LogP contribution in [0.2, 0.25) is 0 Å². The van der Waals surface area contributed by atoms with Crippen molar-refractivity contribution in [2.24, 2.45) is 4.99 Å². The Kier molecular flexibility index (Phi) is 9.54. The van der Waals surface area contributed by atoms with Gasteiger partial charge in [0.25, 0.3) is 0 Å². The Balaban J connectivity index is 0.00000288. The first-order valence-electron chi connectivity index (χ1n) is 8.58. The quantitative estimate of drug-likeness (QED) is 0.298. The van der Waals surface area contributed by atoms with Crippen LogP contribution in [0.3, 0.4) is 0 Å². The summed E-state index contributed by atoms with van der Waals surface area (Å²) in [6.45, 7) is 10.3. The molecule has 0 radical (unpaired) electrons. The van der Waals surface area contributed by atoms with Gasteiger partial charge in [0.05, 0.1) is 6.54 Å². The number of nitrogens with one attached hydrogen (secondary N) is 2. The Hall–Kier alpha value is -0.380. The van der Waals surface area contributed by atoms with E-state index in [2.05, 4.69) is 34.4 Å². The first-order chi connectivity index (χ1) is 11.1. The summed E-state index contributed by atoms with van der Waals surface area (Å²) in [4.78, 5) is 7.07. The zero-order valence-corrected chi connectivity index (χ0v) is 18.1. The maximum Gasteiger partial charge on any atom is 0.191 e. The molecule has 1 aromatic rings. The molecule has 1 fully saturated rings. The molecule has 0 aromatic carbocycles. The second-order valence-electron chi connectivity index (χ2n) is 6.27. The molecule has 24 heavy (non-hydrogen) atoms. The Morgan fingerprint density at radius 1 is 1.42 bits per heavy atom. The van der Waals surface area contributed by atoms with Gasteiger partial charge in [0.2, 0.25) is 0 Å². The van der Waals surface area contributed by atoms with Gasteiger partial charge in [-0.15, -0.1) is 24.0 Å². The number of aliphatic hydroxyl groups is 1. The fraction of sp³-hybridized carbons (Fsp3) is 0.706. The first-order valence-corrected chi connectivity index (χ1v) is 9.52. The number of thiophene rings is 1. The molecule has 7 heteroatoms. The summed E-state index contributed by atoms with van der Waals surface area (Å²) < 4.78 is 0. The van der Waals surface area contributed by atoms with E-state index in [-0.39, 0.29) is 24.0 Å². The minimum Gasteiger partial charge on any atom is -0.383 e. The zero-order chi connectivity index (χ0) is 16.7. The van der Waals surface area contributed by atoms with E-state index in [1.165, 1.54) is 12.8 Å². The molecular weight excluding hydrogens is 435 g/mol. The van der Waals surface area contributed by atoms with Crippen molar-refractivity contribution in [2.75, 3.05) is 32.7 Å². The molecule has 3 N–H and O–H groups in total. The van der Waals surface area contributed by atoms with E-state index in [4.69, 9.17) is 0 Å². The van der Waals surface area contributed by atoms with Crippen LogP contribution >= 0.6 is 35.3 Å². The highest BCUT2D eigenvalue weighted by molar-refractivity contribution is 14.0. The van der Waals surface area contributed by atoms with Crippen molar-refractivity contribution in [2.45, 2.75) is 45.3 Å². The van der Waals surface area contributed by atoms with E-state index in [0.29, 0.717) is 6.54 Å². The van der Waals surface area contributed by atoms with Gasteiger partial charge < -0.3 is 15.7 Å². The zero-order valence-electron chi connectivity index (χ0n) is 14.9. The van der Waals surface area contributed by atoms with Gasteiger partial charge in [-0.3, -0.25) is 4.90 Å². The van der Waals surface area contributed by atoms with Gasteiger partial charge in [-0.05, 0) is 55.6 Å². The Morgan fingerprint density at radius 3 is 2.71 bits per heavy atom. The Morgan fingerprint density at radius 2 is 2.17 bits per heavy atom. The molecule has 1 aliphatic carbocycles. The SMILES string of the molecule is CCNC(=NCC(C)(O)c1ccsc1)NCCN(CC)C1CC1.I. The predicted molar refractivity (Wildman–Crippen MR) is 114 cm³/mol. The van der Waals surface area contributed by atoms with Crippen LogP contribution in [0, 0.1) is 0 Å². The van der Waals surface area contributed by atoms with Crippen molar-refractivity contribution in [1.82, 2.24) is 15.5 Å². The van der Waals surface area contributed by atoms with E-state index in [1.807, 2.05) is 23.8 Å². The number of guanidine groups is 1. The molecule has 0 amide bonds. The number of hydrogen-bond acceptors (Lipinski definition) is 4. The largest absolute Gasteiger partial charge is 0.383 e. The topological polar surface area (TPSA) is 59.9 Å². The number of halogens is 1. The second-order valence-corrected chi connectivity index (χ2v) is 7.05. The van der Waals surface area contributed by atoms with E-state index in [1.54, 1.807) is 11.3 Å². The molecule has 2 rings (SSSR count). The summed E-state index contributed by atoms with van der Waals surface area (Å²) in [6.07, 6.45) is 2.68. The average molecular weight is 466 g/mol. The summed E-state index contributed by atoms with van der Waals surface area (Å²) >= 11 is 1.59. The van der Waals surface area contributed by atoms with Crippen molar-refractivity contribution in [1.29, 1.82) is 0 Å². The molecule has 5 nitrogen and oxygen atoms in total. The van der Waals surface area contributed by atoms with Crippen molar-refractivity contribution < 1.29 is 5.11 Å². The first kappa shape index (κ1) is 21.7. The van der Waals surface area contributed by atoms with E-state index >= 15 is 0 Å². The molecule has 0 aliphatic heterocycles. The standard InChI is InChI=1S/C17H30N4OS.HI/c1-4-18-16(19-9-10-21(5-2)15-6-7-15)20-13-17(3,22)14-8-11-23-12-14;/h8,11-12,15,22H,4-7,9-10,13H2,1-3H3,(H2,18,19,20);1H. The number of aliphatic imine (C=N–C) groups is 1. The molecule has 1 heterocycles. The van der Waals surface area contributed by atoms with E-state index in [0.717, 1.165) is 43.7 Å². The molecule has 0 bridgehead atoms. The molecule has 1 atom stereocenters. The minimum absolute atomic E-state index is 0. The van der Waals surface area contributed by atoms with Gasteiger partial charge in [-0.25, -0.2) is 4.99 Å². The fourth-order valence-electron chi connectivity index (χ4n) is 2.59. The Bertz CT molecular complexity index is 489. The van der Waals surface area contributed by atoms with Crippen molar-refractivity contribution >= 4 is 41.3 Å². The van der Waals surface area contributed by atoms with Crippen LogP contribution in [0.4, 0.5) is 0 Å². The van der Waals surface area contributed by atoms with Crippen LogP contribution in [0.15, 0.2) is 21.8 Å². The van der Waals surface area contributed by atoms with Gasteiger partial charge in [-0.1, -0.05) is 6.92 Å². The summed E-state index contributed by atoms with van der Waals surface area (Å²) in [7, 11) is 0. The molecule has 0 saturated heterocycles. The second kappa shape index (κ2) is 10.6. The Labute approximate surface area is 167 Å². The highest BCUT2D eigenvalue weighted by atomic mass is 127. The highest BCUT2D eigenvalue weighted by Crippen LogP contribution is 2.26. The van der Waals surface area contributed by atoms with E-state index in [9.17, 15) is 5.11 Å². The lowest BCUT2D eigenvalue weighted by molar-refractivity contribution is 0.0677. The summed E-state index contributed by atoms with van der Waals surface area (Å²) in [5.74, 6) is 0.773. The van der Waals surface area contributed by atoms with Crippen LogP contribution in [-0.4, -0.2) is 54.7 Å². The van der Waals surface area contributed by atoms with Crippen molar-refractivity contribution in [3.63, 3.8) is 0 Å². The highest BCUT2D eigenvalue weighted by Gasteiger charge is 2.27. The third kappa shape index (κ3) is 6.85. The third-order valence-electron chi connectivity index (χ3n) is 4.19. The molecule has 1 aromatic heterocycles. The number of nitrogens with zero attached hydrogens (tertiary/aromatic N) is 2. The maximum atomic E-state index is 10.6. The number of likely N-dealkylation sites (N-methyl/N-ethyl adjacent to an activating group) is 1. The van der Waals surface area contributed by atoms with Crippen molar-refractivity contribution in [3.8, 4) is 0 Å². The molecule has 1 unspecified atom stereocenters. The number of rotatable bonds is 9. The third-order valence-corrected chi connectivity index (χ3v) is 4.88. The smallest absolute Gasteiger partial charge is 0.191 e. The van der Waals surface area contributed by atoms with Crippen LogP contribution in [-0.2, 0) is 5.60 Å². The molecule has 0 spiro atoms.